The first-order chi connectivity index (χ1) is 21.8. The minimum atomic E-state index is -0.775. The summed E-state index contributed by atoms with van der Waals surface area (Å²) in [4.78, 5) is 43.1. The number of benzene rings is 3. The Morgan fingerprint density at radius 3 is 2.13 bits per heavy atom. The maximum Gasteiger partial charge on any atom is 0.318 e. The molecule has 0 aromatic heterocycles. The van der Waals surface area contributed by atoms with Crippen LogP contribution in [0.15, 0.2) is 89.8 Å². The van der Waals surface area contributed by atoms with Crippen LogP contribution in [0.5, 0.6) is 0 Å². The Balaban J connectivity index is 1.85. The fourth-order valence-corrected chi connectivity index (χ4v) is 5.91. The first-order valence-corrected chi connectivity index (χ1v) is 17.1. The van der Waals surface area contributed by atoms with Gasteiger partial charge in [0.05, 0.1) is 19.1 Å². The second-order valence-corrected chi connectivity index (χ2v) is 12.7. The van der Waals surface area contributed by atoms with Crippen LogP contribution in [0.1, 0.15) is 58.9 Å². The third-order valence-electron chi connectivity index (χ3n) is 7.49. The van der Waals surface area contributed by atoms with Crippen molar-refractivity contribution >= 4 is 29.7 Å². The number of ether oxygens (including phenoxy) is 1. The second kappa shape index (κ2) is 19.6. The molecule has 0 fully saturated rings. The molecule has 7 nitrogen and oxygen atoms in total. The lowest BCUT2D eigenvalue weighted by atomic mass is 10.00. The van der Waals surface area contributed by atoms with Crippen molar-refractivity contribution in [2.75, 3.05) is 25.4 Å². The van der Waals surface area contributed by atoms with Crippen molar-refractivity contribution in [2.24, 2.45) is 5.92 Å². The van der Waals surface area contributed by atoms with Gasteiger partial charge >= 0.3 is 12.0 Å². The fraction of sp³-hybridized carbons (Fsp3) is 0.432. The number of esters is 1. The highest BCUT2D eigenvalue weighted by Gasteiger charge is 2.30. The van der Waals surface area contributed by atoms with E-state index < -0.39 is 12.1 Å². The van der Waals surface area contributed by atoms with Gasteiger partial charge in [-0.15, -0.1) is 11.8 Å². The number of hydrogen-bond donors (Lipinski definition) is 2. The summed E-state index contributed by atoms with van der Waals surface area (Å²) in [6.45, 7) is 9.35. The first-order valence-electron chi connectivity index (χ1n) is 16.1. The van der Waals surface area contributed by atoms with Crippen LogP contribution in [0, 0.1) is 5.92 Å². The SMILES string of the molecule is CCCCNC(=O)[C@H](Cc1ccc(-c2ccccc2)cc1)NC(=O)N(CCC(C)C)[C@H](CSc1ccccc1)CC(=O)OCC. The van der Waals surface area contributed by atoms with Gasteiger partial charge in [0.25, 0.3) is 0 Å². The van der Waals surface area contributed by atoms with Gasteiger partial charge in [-0.2, -0.15) is 0 Å². The zero-order valence-corrected chi connectivity index (χ0v) is 28.0. The summed E-state index contributed by atoms with van der Waals surface area (Å²) in [6.07, 6.45) is 3.00. The molecule has 242 valence electrons. The molecule has 0 radical (unpaired) electrons. The van der Waals surface area contributed by atoms with Gasteiger partial charge in [-0.3, -0.25) is 9.59 Å². The van der Waals surface area contributed by atoms with Crippen molar-refractivity contribution in [3.05, 3.63) is 90.5 Å². The van der Waals surface area contributed by atoms with Crippen LogP contribution in [0.2, 0.25) is 0 Å². The van der Waals surface area contributed by atoms with Gasteiger partial charge in [-0.05, 0) is 54.5 Å². The van der Waals surface area contributed by atoms with Crippen molar-refractivity contribution in [3.63, 3.8) is 0 Å². The molecule has 0 saturated heterocycles. The zero-order chi connectivity index (χ0) is 32.4. The molecule has 3 rings (SSSR count). The number of unbranched alkanes of at least 4 members (excludes halogenated alkanes) is 1. The zero-order valence-electron chi connectivity index (χ0n) is 27.2. The van der Waals surface area contributed by atoms with Crippen molar-refractivity contribution in [2.45, 2.75) is 76.8 Å². The number of carbonyl (C=O) groups excluding carboxylic acids is 3. The Hall–Kier alpha value is -3.78. The van der Waals surface area contributed by atoms with Crippen molar-refractivity contribution in [1.82, 2.24) is 15.5 Å². The fourth-order valence-electron chi connectivity index (χ4n) is 4.88. The van der Waals surface area contributed by atoms with Crippen LogP contribution in [-0.2, 0) is 20.7 Å². The smallest absolute Gasteiger partial charge is 0.318 e. The van der Waals surface area contributed by atoms with E-state index in [0.29, 0.717) is 31.2 Å². The molecule has 0 aliphatic heterocycles. The third-order valence-corrected chi connectivity index (χ3v) is 8.64. The average Bonchev–Trinajstić information content (AvgIpc) is 3.04. The summed E-state index contributed by atoms with van der Waals surface area (Å²) in [6, 6.07) is 26.6. The molecule has 2 atom stereocenters. The van der Waals surface area contributed by atoms with E-state index in [9.17, 15) is 14.4 Å². The molecule has 0 spiro atoms. The van der Waals surface area contributed by atoms with E-state index in [0.717, 1.165) is 40.8 Å². The Morgan fingerprint density at radius 2 is 1.51 bits per heavy atom. The maximum atomic E-state index is 14.1. The molecule has 0 aliphatic carbocycles. The predicted octanol–water partition coefficient (Wildman–Crippen LogP) is 7.35. The Labute approximate surface area is 273 Å². The van der Waals surface area contributed by atoms with Crippen LogP contribution >= 0.6 is 11.8 Å². The predicted molar refractivity (Wildman–Crippen MR) is 184 cm³/mol. The lowest BCUT2D eigenvalue weighted by molar-refractivity contribution is -0.144. The van der Waals surface area contributed by atoms with Crippen LogP contribution in [0.25, 0.3) is 11.1 Å². The summed E-state index contributed by atoms with van der Waals surface area (Å²) < 4.78 is 5.30. The average molecular weight is 632 g/mol. The molecule has 0 saturated carbocycles. The third kappa shape index (κ3) is 12.6. The van der Waals surface area contributed by atoms with Crippen molar-refractivity contribution in [1.29, 1.82) is 0 Å². The monoisotopic (exact) mass is 631 g/mol. The highest BCUT2D eigenvalue weighted by molar-refractivity contribution is 7.99. The van der Waals surface area contributed by atoms with Crippen LogP contribution in [0.4, 0.5) is 4.79 Å². The van der Waals surface area contributed by atoms with Crippen molar-refractivity contribution < 1.29 is 19.1 Å². The highest BCUT2D eigenvalue weighted by atomic mass is 32.2. The molecule has 3 amide bonds. The molecule has 45 heavy (non-hydrogen) atoms. The van der Waals surface area contributed by atoms with E-state index in [4.69, 9.17) is 4.74 Å². The minimum Gasteiger partial charge on any atom is -0.466 e. The Morgan fingerprint density at radius 1 is 0.867 bits per heavy atom. The number of carbonyl (C=O) groups is 3. The van der Waals surface area contributed by atoms with Gasteiger partial charge in [0.1, 0.15) is 6.04 Å². The topological polar surface area (TPSA) is 87.7 Å². The van der Waals surface area contributed by atoms with E-state index >= 15 is 0 Å². The summed E-state index contributed by atoms with van der Waals surface area (Å²) >= 11 is 1.60. The van der Waals surface area contributed by atoms with Gasteiger partial charge in [0, 0.05) is 30.2 Å². The minimum absolute atomic E-state index is 0.0769. The molecular formula is C37H49N3O4S. The number of rotatable bonds is 18. The highest BCUT2D eigenvalue weighted by Crippen LogP contribution is 2.23. The van der Waals surface area contributed by atoms with Crippen molar-refractivity contribution in [3.8, 4) is 11.1 Å². The van der Waals surface area contributed by atoms with E-state index in [2.05, 4.69) is 43.5 Å². The summed E-state index contributed by atoms with van der Waals surface area (Å²) in [5.41, 5.74) is 3.15. The summed E-state index contributed by atoms with van der Waals surface area (Å²) in [5, 5.41) is 6.07. The molecule has 3 aromatic rings. The molecule has 2 N–H and O–H groups in total. The van der Waals surface area contributed by atoms with Gasteiger partial charge in [0.15, 0.2) is 0 Å². The van der Waals surface area contributed by atoms with Gasteiger partial charge < -0.3 is 20.3 Å². The van der Waals surface area contributed by atoms with E-state index in [-0.39, 0.29) is 30.9 Å². The number of amides is 3. The normalized spacial score (nSPS) is 12.3. The van der Waals surface area contributed by atoms with E-state index in [1.807, 2.05) is 72.8 Å². The van der Waals surface area contributed by atoms with E-state index in [1.165, 1.54) is 0 Å². The lowest BCUT2D eigenvalue weighted by Gasteiger charge is -2.33. The van der Waals surface area contributed by atoms with Gasteiger partial charge in [-0.25, -0.2) is 4.79 Å². The quantitative estimate of drug-likeness (QED) is 0.0871. The largest absolute Gasteiger partial charge is 0.466 e. The van der Waals surface area contributed by atoms with Crippen LogP contribution in [-0.4, -0.2) is 60.3 Å². The second-order valence-electron chi connectivity index (χ2n) is 11.6. The van der Waals surface area contributed by atoms with E-state index in [1.54, 1.807) is 23.6 Å². The number of nitrogens with one attached hydrogen (secondary N) is 2. The van der Waals surface area contributed by atoms with Gasteiger partial charge in [0.2, 0.25) is 5.91 Å². The number of hydrogen-bond acceptors (Lipinski definition) is 5. The standard InChI is InChI=1S/C37H49N3O4S/c1-5-7-23-38-36(42)34(25-29-18-20-31(21-19-29)30-14-10-8-11-15-30)39-37(43)40(24-22-28(3)4)32(26-35(41)44-6-2)27-45-33-16-12-9-13-17-33/h8-21,28,32,34H,5-7,22-27H2,1-4H3,(H,38,42)(H,39,43)/t32-,34-/m0/s1. The Bertz CT molecular complexity index is 1300. The number of thioether (sulfide) groups is 1. The van der Waals surface area contributed by atoms with Gasteiger partial charge in [-0.1, -0.05) is 100.0 Å². The molecule has 0 bridgehead atoms. The Kier molecular flexibility index (Phi) is 15.5. The molecule has 3 aromatic carbocycles. The first kappa shape index (κ1) is 35.7. The summed E-state index contributed by atoms with van der Waals surface area (Å²) in [7, 11) is 0. The number of urea groups is 1. The molecular weight excluding hydrogens is 582 g/mol. The van der Waals surface area contributed by atoms with Crippen LogP contribution in [0.3, 0.4) is 0 Å². The molecule has 0 unspecified atom stereocenters. The lowest BCUT2D eigenvalue weighted by Crippen LogP contribution is -2.55. The molecule has 0 heterocycles. The molecule has 0 aliphatic rings. The molecule has 8 heteroatoms. The van der Waals surface area contributed by atoms with Crippen LogP contribution < -0.4 is 10.6 Å². The summed E-state index contributed by atoms with van der Waals surface area (Å²) in [5.74, 6) is 0.309. The number of nitrogens with zero attached hydrogens (tertiary/aromatic N) is 1. The maximum absolute atomic E-state index is 14.1.